The van der Waals surface area contributed by atoms with Crippen LogP contribution in [0.3, 0.4) is 0 Å². The van der Waals surface area contributed by atoms with Gasteiger partial charge in [0.2, 0.25) is 0 Å². The molecule has 0 aromatic heterocycles. The Hall–Kier alpha value is -0.770. The summed E-state index contributed by atoms with van der Waals surface area (Å²) in [5, 5.41) is 0.835. The second kappa shape index (κ2) is 6.60. The number of rotatable bonds is 4. The number of nitrogens with zero attached hydrogens (tertiary/aromatic N) is 2. The van der Waals surface area contributed by atoms with Crippen LogP contribution < -0.4 is 10.6 Å². The van der Waals surface area contributed by atoms with E-state index in [4.69, 9.17) is 17.3 Å². The molecule has 3 nitrogen and oxygen atoms in total. The first kappa shape index (κ1) is 14.6. The van der Waals surface area contributed by atoms with Crippen LogP contribution in [0.4, 0.5) is 5.69 Å². The fourth-order valence-corrected chi connectivity index (χ4v) is 3.15. The minimum Gasteiger partial charge on any atom is -0.369 e. The van der Waals surface area contributed by atoms with Gasteiger partial charge in [0.25, 0.3) is 0 Å². The molecule has 1 aromatic rings. The topological polar surface area (TPSA) is 32.5 Å². The van der Waals surface area contributed by atoms with Gasteiger partial charge in [-0.15, -0.1) is 0 Å². The number of hydrogen-bond acceptors (Lipinski definition) is 3. The zero-order valence-corrected chi connectivity index (χ0v) is 12.7. The van der Waals surface area contributed by atoms with Gasteiger partial charge in [-0.3, -0.25) is 0 Å². The minimum absolute atomic E-state index is 0.552. The zero-order chi connectivity index (χ0) is 13.8. The molecule has 1 saturated heterocycles. The molecule has 0 saturated carbocycles. The molecule has 0 bridgehead atoms. The second-order valence-corrected chi connectivity index (χ2v) is 5.90. The van der Waals surface area contributed by atoms with Crippen LogP contribution in [0.5, 0.6) is 0 Å². The first-order valence-electron chi connectivity index (χ1n) is 7.01. The van der Waals surface area contributed by atoms with Crippen LogP contribution in [-0.2, 0) is 6.42 Å². The average molecular weight is 282 g/mol. The van der Waals surface area contributed by atoms with Crippen LogP contribution >= 0.6 is 11.6 Å². The first-order chi connectivity index (χ1) is 9.11. The standard InChI is InChI=1S/C15H24ClN3/c1-18-9-3-4-13(11-18)19(2)15-6-5-12(7-8-17)10-14(15)16/h5-6,10,13H,3-4,7-9,11,17H2,1-2H3. The third-order valence-electron chi connectivity index (χ3n) is 3.97. The predicted molar refractivity (Wildman–Crippen MR) is 83.1 cm³/mol. The van der Waals surface area contributed by atoms with Gasteiger partial charge in [0.1, 0.15) is 0 Å². The van der Waals surface area contributed by atoms with Crippen molar-refractivity contribution in [2.75, 3.05) is 38.6 Å². The van der Waals surface area contributed by atoms with E-state index >= 15 is 0 Å². The number of nitrogens with two attached hydrogens (primary N) is 1. The molecule has 1 atom stereocenters. The highest BCUT2D eigenvalue weighted by molar-refractivity contribution is 6.33. The summed E-state index contributed by atoms with van der Waals surface area (Å²) in [4.78, 5) is 4.71. The maximum absolute atomic E-state index is 6.42. The summed E-state index contributed by atoms with van der Waals surface area (Å²) < 4.78 is 0. The molecular weight excluding hydrogens is 258 g/mol. The summed E-state index contributed by atoms with van der Waals surface area (Å²) in [6.45, 7) is 2.98. The van der Waals surface area contributed by atoms with Gasteiger partial charge in [-0.25, -0.2) is 0 Å². The third kappa shape index (κ3) is 3.62. The first-order valence-corrected chi connectivity index (χ1v) is 7.39. The Morgan fingerprint density at radius 3 is 2.89 bits per heavy atom. The lowest BCUT2D eigenvalue weighted by molar-refractivity contribution is 0.248. The summed E-state index contributed by atoms with van der Waals surface area (Å²) in [6.07, 6.45) is 3.38. The molecule has 106 valence electrons. The van der Waals surface area contributed by atoms with Gasteiger partial charge in [0, 0.05) is 19.6 Å². The SMILES string of the molecule is CN1CCCC(N(C)c2ccc(CCN)cc2Cl)C1. The highest BCUT2D eigenvalue weighted by atomic mass is 35.5. The maximum atomic E-state index is 6.42. The molecule has 2 rings (SSSR count). The number of likely N-dealkylation sites (tertiary alicyclic amines) is 1. The van der Waals surface area contributed by atoms with Crippen LogP contribution in [0.1, 0.15) is 18.4 Å². The van der Waals surface area contributed by atoms with Gasteiger partial charge in [0.05, 0.1) is 10.7 Å². The Morgan fingerprint density at radius 1 is 1.47 bits per heavy atom. The molecule has 1 unspecified atom stereocenters. The van der Waals surface area contributed by atoms with Crippen LogP contribution in [0.2, 0.25) is 5.02 Å². The van der Waals surface area contributed by atoms with Crippen molar-refractivity contribution in [3.8, 4) is 0 Å². The molecule has 1 aliphatic rings. The number of hydrogen-bond donors (Lipinski definition) is 1. The fraction of sp³-hybridized carbons (Fsp3) is 0.600. The summed E-state index contributed by atoms with van der Waals surface area (Å²) in [5.74, 6) is 0. The molecule has 0 amide bonds. The lowest BCUT2D eigenvalue weighted by Crippen LogP contribution is -2.45. The van der Waals surface area contributed by atoms with Crippen molar-refractivity contribution >= 4 is 17.3 Å². The molecule has 0 aliphatic carbocycles. The summed E-state index contributed by atoms with van der Waals surface area (Å²) in [5.41, 5.74) is 7.92. The van der Waals surface area contributed by atoms with Gasteiger partial charge < -0.3 is 15.5 Å². The molecule has 2 N–H and O–H groups in total. The van der Waals surface area contributed by atoms with Crippen LogP contribution in [0.25, 0.3) is 0 Å². The molecule has 1 fully saturated rings. The number of piperidine rings is 1. The summed E-state index contributed by atoms with van der Waals surface area (Å²) >= 11 is 6.42. The minimum atomic E-state index is 0.552. The van der Waals surface area contributed by atoms with Gasteiger partial charge >= 0.3 is 0 Å². The normalized spacial score (nSPS) is 20.5. The summed E-state index contributed by atoms with van der Waals surface area (Å²) in [6, 6.07) is 6.86. The van der Waals surface area contributed by atoms with Crippen LogP contribution in [-0.4, -0.2) is 44.7 Å². The third-order valence-corrected chi connectivity index (χ3v) is 4.28. The molecule has 19 heavy (non-hydrogen) atoms. The Kier molecular flexibility index (Phi) is 5.08. The zero-order valence-electron chi connectivity index (χ0n) is 11.9. The average Bonchev–Trinajstić information content (AvgIpc) is 2.38. The fourth-order valence-electron chi connectivity index (χ4n) is 2.81. The second-order valence-electron chi connectivity index (χ2n) is 5.49. The molecule has 1 heterocycles. The van der Waals surface area contributed by atoms with Gasteiger partial charge in [-0.1, -0.05) is 17.7 Å². The van der Waals surface area contributed by atoms with E-state index in [1.165, 1.54) is 24.9 Å². The maximum Gasteiger partial charge on any atom is 0.0642 e. The Morgan fingerprint density at radius 2 is 2.26 bits per heavy atom. The predicted octanol–water partition coefficient (Wildman–Crippen LogP) is 2.37. The van der Waals surface area contributed by atoms with Crippen molar-refractivity contribution in [1.82, 2.24) is 4.90 Å². The van der Waals surface area contributed by atoms with Crippen molar-refractivity contribution in [2.24, 2.45) is 5.73 Å². The van der Waals surface area contributed by atoms with Gasteiger partial charge in [-0.05, 0) is 57.1 Å². The molecule has 1 aliphatic heterocycles. The van der Waals surface area contributed by atoms with Crippen LogP contribution in [0, 0.1) is 0 Å². The Balaban J connectivity index is 2.12. The molecule has 4 heteroatoms. The van der Waals surface area contributed by atoms with E-state index in [9.17, 15) is 0 Å². The molecular formula is C15H24ClN3. The van der Waals surface area contributed by atoms with Gasteiger partial charge in [-0.2, -0.15) is 0 Å². The van der Waals surface area contributed by atoms with Crippen LogP contribution in [0.15, 0.2) is 18.2 Å². The Labute approximate surface area is 121 Å². The lowest BCUT2D eigenvalue weighted by atomic mass is 10.0. The van der Waals surface area contributed by atoms with Crippen molar-refractivity contribution in [1.29, 1.82) is 0 Å². The highest BCUT2D eigenvalue weighted by Crippen LogP contribution is 2.29. The van der Waals surface area contributed by atoms with E-state index < -0.39 is 0 Å². The van der Waals surface area contributed by atoms with E-state index in [1.807, 2.05) is 6.07 Å². The number of likely N-dealkylation sites (N-methyl/N-ethyl adjacent to an activating group) is 2. The molecule has 0 spiro atoms. The molecule has 0 radical (unpaired) electrons. The number of anilines is 1. The largest absolute Gasteiger partial charge is 0.369 e. The van der Waals surface area contributed by atoms with Gasteiger partial charge in [0.15, 0.2) is 0 Å². The van der Waals surface area contributed by atoms with E-state index in [0.29, 0.717) is 12.6 Å². The summed E-state index contributed by atoms with van der Waals surface area (Å²) in [7, 11) is 4.33. The monoisotopic (exact) mass is 281 g/mol. The van der Waals surface area contributed by atoms with Crippen molar-refractivity contribution in [2.45, 2.75) is 25.3 Å². The number of halogens is 1. The van der Waals surface area contributed by atoms with E-state index in [2.05, 4.69) is 36.0 Å². The quantitative estimate of drug-likeness (QED) is 0.920. The number of benzene rings is 1. The smallest absolute Gasteiger partial charge is 0.0642 e. The Bertz CT molecular complexity index is 422. The molecule has 1 aromatic carbocycles. The van der Waals surface area contributed by atoms with E-state index in [1.54, 1.807) is 0 Å². The van der Waals surface area contributed by atoms with E-state index in [-0.39, 0.29) is 0 Å². The highest BCUT2D eigenvalue weighted by Gasteiger charge is 2.22. The van der Waals surface area contributed by atoms with E-state index in [0.717, 1.165) is 23.7 Å². The lowest BCUT2D eigenvalue weighted by Gasteiger charge is -2.37. The van der Waals surface area contributed by atoms with Crippen molar-refractivity contribution < 1.29 is 0 Å². The van der Waals surface area contributed by atoms with Crippen molar-refractivity contribution in [3.05, 3.63) is 28.8 Å². The van der Waals surface area contributed by atoms with Crippen molar-refractivity contribution in [3.63, 3.8) is 0 Å².